The zero-order valence-corrected chi connectivity index (χ0v) is 15.8. The summed E-state index contributed by atoms with van der Waals surface area (Å²) in [7, 11) is 0. The molecule has 4 nitrogen and oxygen atoms in total. The molecule has 0 aliphatic heterocycles. The highest BCUT2D eigenvalue weighted by molar-refractivity contribution is 6.55. The number of aryl methyl sites for hydroxylation is 1. The van der Waals surface area contributed by atoms with E-state index < -0.39 is 16.2 Å². The highest BCUT2D eigenvalue weighted by atomic mass is 35.5. The molecule has 1 heterocycles. The van der Waals surface area contributed by atoms with E-state index in [1.165, 1.54) is 0 Å². The molecule has 1 aromatic heterocycles. The van der Waals surface area contributed by atoms with Crippen molar-refractivity contribution in [2.75, 3.05) is 5.32 Å². The smallest absolute Gasteiger partial charge is 0.349 e. The predicted octanol–water partition coefficient (Wildman–Crippen LogP) is 5.26. The minimum absolute atomic E-state index is 0.169. The third kappa shape index (κ3) is 3.62. The normalized spacial score (nSPS) is 12.3. The van der Waals surface area contributed by atoms with Gasteiger partial charge in [0.05, 0.1) is 5.69 Å². The number of benzene rings is 2. The van der Waals surface area contributed by atoms with E-state index in [1.54, 1.807) is 13.0 Å². The van der Waals surface area contributed by atoms with Crippen molar-refractivity contribution in [3.05, 3.63) is 75.8 Å². The highest BCUT2D eigenvalue weighted by Gasteiger charge is 2.24. The van der Waals surface area contributed by atoms with Crippen LogP contribution in [0.3, 0.4) is 0 Å². The predicted molar refractivity (Wildman–Crippen MR) is 106 cm³/mol. The third-order valence-corrected chi connectivity index (χ3v) is 4.58. The molecule has 6 heteroatoms. The molecule has 2 aromatic carbocycles. The van der Waals surface area contributed by atoms with E-state index in [0.717, 1.165) is 16.3 Å². The molecule has 0 radical (unpaired) electrons. The van der Waals surface area contributed by atoms with E-state index in [9.17, 15) is 9.59 Å². The van der Waals surface area contributed by atoms with Gasteiger partial charge in [0, 0.05) is 12.1 Å². The van der Waals surface area contributed by atoms with E-state index >= 15 is 0 Å². The lowest BCUT2D eigenvalue weighted by molar-refractivity contribution is 0.100. The van der Waals surface area contributed by atoms with Gasteiger partial charge in [0.2, 0.25) is 5.78 Å². The number of Topliss-reactive ketones (excluding diaryl/α,β-unsaturated/α-hetero) is 1. The Morgan fingerprint density at radius 2 is 1.81 bits per heavy atom. The summed E-state index contributed by atoms with van der Waals surface area (Å²) in [6, 6.07) is 15.5. The first-order chi connectivity index (χ1) is 12.4. The summed E-state index contributed by atoms with van der Waals surface area (Å²) >= 11 is 11.4. The van der Waals surface area contributed by atoms with Crippen LogP contribution in [0.15, 0.2) is 57.7 Å². The third-order valence-electron chi connectivity index (χ3n) is 4.18. The molecule has 0 fully saturated rings. The Hall–Kier alpha value is -2.30. The second-order valence-electron chi connectivity index (χ2n) is 6.03. The first kappa shape index (κ1) is 18.5. The number of nitrogens with one attached hydrogen (secondary N) is 1. The second kappa shape index (κ2) is 7.52. The van der Waals surface area contributed by atoms with Gasteiger partial charge in [-0.25, -0.2) is 4.79 Å². The minimum atomic E-state index is -1.34. The Bertz CT molecular complexity index is 1020. The molecule has 0 saturated carbocycles. The fraction of sp³-hybridized carbons (Fsp3) is 0.200. The van der Waals surface area contributed by atoms with Crippen molar-refractivity contribution < 1.29 is 9.21 Å². The Morgan fingerprint density at radius 3 is 2.54 bits per heavy atom. The van der Waals surface area contributed by atoms with Gasteiger partial charge in [-0.1, -0.05) is 65.7 Å². The second-order valence-corrected chi connectivity index (χ2v) is 7.13. The molecule has 0 spiro atoms. The van der Waals surface area contributed by atoms with Crippen LogP contribution < -0.4 is 10.9 Å². The minimum Gasteiger partial charge on any atom is -0.428 e. The maximum atomic E-state index is 12.3. The summed E-state index contributed by atoms with van der Waals surface area (Å²) < 4.78 is 5.04. The number of rotatable bonds is 5. The van der Waals surface area contributed by atoms with Crippen molar-refractivity contribution >= 4 is 45.4 Å². The van der Waals surface area contributed by atoms with Gasteiger partial charge in [-0.05, 0) is 30.2 Å². The molecule has 0 amide bonds. The lowest BCUT2D eigenvalue weighted by atomic mass is 9.99. The first-order valence-electron chi connectivity index (χ1n) is 8.10. The molecule has 3 aromatic rings. The number of halogens is 2. The van der Waals surface area contributed by atoms with Gasteiger partial charge in [0.1, 0.15) is 11.3 Å². The van der Waals surface area contributed by atoms with Gasteiger partial charge >= 0.3 is 5.63 Å². The average Bonchev–Trinajstić information content (AvgIpc) is 2.60. The number of anilines is 1. The molecule has 0 aliphatic rings. The first-order valence-corrected chi connectivity index (χ1v) is 8.97. The van der Waals surface area contributed by atoms with Crippen LogP contribution >= 0.6 is 23.2 Å². The molecular formula is C20H17Cl2NO3. The van der Waals surface area contributed by atoms with Crippen LogP contribution in [0.25, 0.3) is 10.8 Å². The number of fused-ring (bicyclic) bond motifs is 1. The number of carbonyl (C=O) groups is 1. The lowest BCUT2D eigenvalue weighted by Gasteiger charge is -2.19. The van der Waals surface area contributed by atoms with E-state index in [-0.39, 0.29) is 11.6 Å². The fourth-order valence-corrected chi connectivity index (χ4v) is 3.23. The van der Waals surface area contributed by atoms with Crippen molar-refractivity contribution in [3.8, 4) is 0 Å². The molecule has 0 aliphatic carbocycles. The topological polar surface area (TPSA) is 59.3 Å². The van der Waals surface area contributed by atoms with E-state index in [2.05, 4.69) is 5.32 Å². The number of alkyl halides is 2. The van der Waals surface area contributed by atoms with Gasteiger partial charge in [0.15, 0.2) is 4.84 Å². The number of hydrogen-bond donors (Lipinski definition) is 1. The highest BCUT2D eigenvalue weighted by Crippen LogP contribution is 2.28. The summed E-state index contributed by atoms with van der Waals surface area (Å²) in [6.45, 7) is 3.60. The van der Waals surface area contributed by atoms with Crippen LogP contribution in [0.5, 0.6) is 0 Å². The summed E-state index contributed by atoms with van der Waals surface area (Å²) in [6.07, 6.45) is 0. The van der Waals surface area contributed by atoms with Crippen LogP contribution in [0, 0.1) is 6.92 Å². The van der Waals surface area contributed by atoms with Gasteiger partial charge in [0.25, 0.3) is 0 Å². The van der Waals surface area contributed by atoms with E-state index in [0.29, 0.717) is 11.4 Å². The molecule has 26 heavy (non-hydrogen) atoms. The SMILES string of the molecule is Cc1cc(N[C@H](C)c2cccc3ccccc23)c(C(=O)C(Cl)Cl)c(=O)o1. The fourth-order valence-electron chi connectivity index (χ4n) is 3.01. The maximum absolute atomic E-state index is 12.3. The Labute approximate surface area is 160 Å². The van der Waals surface area contributed by atoms with Crippen molar-refractivity contribution in [2.24, 2.45) is 0 Å². The molecule has 3 rings (SSSR count). The van der Waals surface area contributed by atoms with Gasteiger partial charge in [-0.15, -0.1) is 0 Å². The van der Waals surface area contributed by atoms with Crippen molar-refractivity contribution in [1.29, 1.82) is 0 Å². The van der Waals surface area contributed by atoms with Gasteiger partial charge in [-0.3, -0.25) is 4.79 Å². The van der Waals surface area contributed by atoms with Crippen LogP contribution in [-0.2, 0) is 0 Å². The Balaban J connectivity index is 2.05. The quantitative estimate of drug-likeness (QED) is 0.477. The maximum Gasteiger partial charge on any atom is 0.349 e. The zero-order chi connectivity index (χ0) is 18.8. The van der Waals surface area contributed by atoms with Crippen LogP contribution in [0.4, 0.5) is 5.69 Å². The molecule has 134 valence electrons. The molecular weight excluding hydrogens is 373 g/mol. The van der Waals surface area contributed by atoms with Crippen molar-refractivity contribution in [1.82, 2.24) is 0 Å². The molecule has 0 bridgehead atoms. The van der Waals surface area contributed by atoms with Crippen molar-refractivity contribution in [2.45, 2.75) is 24.7 Å². The molecule has 1 N–H and O–H groups in total. The summed E-state index contributed by atoms with van der Waals surface area (Å²) in [5.41, 5.74) is 0.475. The number of hydrogen-bond acceptors (Lipinski definition) is 4. The summed E-state index contributed by atoms with van der Waals surface area (Å²) in [4.78, 5) is 23.1. The average molecular weight is 390 g/mol. The number of ketones is 1. The Kier molecular flexibility index (Phi) is 5.35. The van der Waals surface area contributed by atoms with Crippen molar-refractivity contribution in [3.63, 3.8) is 0 Å². The van der Waals surface area contributed by atoms with Gasteiger partial charge < -0.3 is 9.73 Å². The van der Waals surface area contributed by atoms with Crippen LogP contribution in [0.2, 0.25) is 0 Å². The van der Waals surface area contributed by atoms with Gasteiger partial charge in [-0.2, -0.15) is 0 Å². The number of carbonyl (C=O) groups excluding carboxylic acids is 1. The zero-order valence-electron chi connectivity index (χ0n) is 14.3. The van der Waals surface area contributed by atoms with Crippen LogP contribution in [-0.4, -0.2) is 10.6 Å². The van der Waals surface area contributed by atoms with E-state index in [4.69, 9.17) is 27.6 Å². The molecule has 1 atom stereocenters. The molecule has 0 unspecified atom stereocenters. The van der Waals surface area contributed by atoms with E-state index in [1.807, 2.05) is 49.4 Å². The Morgan fingerprint density at radius 1 is 1.12 bits per heavy atom. The summed E-state index contributed by atoms with van der Waals surface area (Å²) in [5, 5.41) is 5.44. The molecule has 0 saturated heterocycles. The lowest BCUT2D eigenvalue weighted by Crippen LogP contribution is -2.23. The standard InChI is InChI=1S/C20H17Cl2NO3/c1-11-10-16(17(20(25)26-11)18(24)19(21)22)23-12(2)14-9-5-7-13-6-3-4-8-15(13)14/h3-10,12,19,23H,1-2H3/t12-/m1/s1. The monoisotopic (exact) mass is 389 g/mol. The summed E-state index contributed by atoms with van der Waals surface area (Å²) in [5.74, 6) is -0.297. The largest absolute Gasteiger partial charge is 0.428 e. The van der Waals surface area contributed by atoms with Crippen LogP contribution in [0.1, 0.15) is 34.6 Å².